The molecule has 1 rings (SSSR count). The molecule has 0 radical (unpaired) electrons. The first kappa shape index (κ1) is 13.0. The molecule has 3 heteroatoms. The van der Waals surface area contributed by atoms with Crippen molar-refractivity contribution >= 4 is 27.7 Å². The lowest BCUT2D eigenvalue weighted by atomic mass is 10.2. The molecule has 1 aromatic carbocycles. The van der Waals surface area contributed by atoms with Crippen LogP contribution in [-0.4, -0.2) is 11.4 Å². The van der Waals surface area contributed by atoms with Crippen LogP contribution in [0.3, 0.4) is 0 Å². The molecule has 0 fully saturated rings. The fourth-order valence-electron chi connectivity index (χ4n) is 0.849. The van der Waals surface area contributed by atoms with E-state index in [0.717, 1.165) is 14.9 Å². The summed E-state index contributed by atoms with van der Waals surface area (Å²) < 4.78 is 1.05. The van der Waals surface area contributed by atoms with Gasteiger partial charge in [0.25, 0.3) is 0 Å². The van der Waals surface area contributed by atoms with Crippen molar-refractivity contribution in [3.05, 3.63) is 28.2 Å². The molecule has 0 amide bonds. The van der Waals surface area contributed by atoms with Gasteiger partial charge in [0.1, 0.15) is 0 Å². The van der Waals surface area contributed by atoms with E-state index < -0.39 is 0 Å². The number of thioether (sulfide) groups is 1. The number of hydrogen-bond donors (Lipinski definition) is 1. The Hall–Kier alpha value is 0.01000. The van der Waals surface area contributed by atoms with Crippen molar-refractivity contribution in [1.82, 2.24) is 0 Å². The van der Waals surface area contributed by atoms with Gasteiger partial charge in [0.15, 0.2) is 0 Å². The molecule has 74 valence electrons. The predicted octanol–water partition coefficient (Wildman–Crippen LogP) is 3.69. The molecule has 1 aromatic rings. The zero-order chi connectivity index (χ0) is 10.3. The van der Waals surface area contributed by atoms with Crippen molar-refractivity contribution in [2.24, 2.45) is 0 Å². The second kappa shape index (κ2) is 7.42. The number of halogens is 1. The van der Waals surface area contributed by atoms with Gasteiger partial charge in [-0.25, -0.2) is 0 Å². The SMILES string of the molecule is CC.CSc1cc(Br)ccc1CO. The van der Waals surface area contributed by atoms with Gasteiger partial charge in [-0.1, -0.05) is 35.8 Å². The Morgan fingerprint density at radius 3 is 2.46 bits per heavy atom. The molecule has 0 spiro atoms. The summed E-state index contributed by atoms with van der Waals surface area (Å²) in [5.41, 5.74) is 0.987. The highest BCUT2D eigenvalue weighted by atomic mass is 79.9. The number of benzene rings is 1. The summed E-state index contributed by atoms with van der Waals surface area (Å²) in [6.45, 7) is 4.11. The summed E-state index contributed by atoms with van der Waals surface area (Å²) in [6.07, 6.45) is 2.00. The van der Waals surface area contributed by atoms with E-state index >= 15 is 0 Å². The molecule has 0 saturated carbocycles. The van der Waals surface area contributed by atoms with E-state index in [1.807, 2.05) is 38.3 Å². The van der Waals surface area contributed by atoms with Gasteiger partial charge < -0.3 is 5.11 Å². The van der Waals surface area contributed by atoms with Gasteiger partial charge in [-0.15, -0.1) is 11.8 Å². The normalized spacial score (nSPS) is 9.00. The lowest BCUT2D eigenvalue weighted by Gasteiger charge is -2.03. The van der Waals surface area contributed by atoms with Gasteiger partial charge in [0.2, 0.25) is 0 Å². The second-order valence-electron chi connectivity index (χ2n) is 2.11. The Bertz CT molecular complexity index is 251. The van der Waals surface area contributed by atoms with E-state index in [1.165, 1.54) is 0 Å². The molecule has 0 saturated heterocycles. The first-order valence-corrected chi connectivity index (χ1v) is 6.23. The molecule has 13 heavy (non-hydrogen) atoms. The van der Waals surface area contributed by atoms with Crippen LogP contribution < -0.4 is 0 Å². The summed E-state index contributed by atoms with van der Waals surface area (Å²) in [5, 5.41) is 8.91. The average Bonchev–Trinajstić information content (AvgIpc) is 2.20. The van der Waals surface area contributed by atoms with E-state index in [-0.39, 0.29) is 6.61 Å². The van der Waals surface area contributed by atoms with Crippen LogP contribution in [0.4, 0.5) is 0 Å². The quantitative estimate of drug-likeness (QED) is 0.821. The molecule has 0 unspecified atom stereocenters. The third kappa shape index (κ3) is 4.16. The fraction of sp³-hybridized carbons (Fsp3) is 0.400. The van der Waals surface area contributed by atoms with Crippen LogP contribution in [0.15, 0.2) is 27.6 Å². The zero-order valence-corrected chi connectivity index (χ0v) is 10.6. The van der Waals surface area contributed by atoms with Gasteiger partial charge in [0.05, 0.1) is 6.61 Å². The summed E-state index contributed by atoms with van der Waals surface area (Å²) in [4.78, 5) is 1.13. The highest BCUT2D eigenvalue weighted by Gasteiger charge is 1.99. The maximum Gasteiger partial charge on any atom is 0.0692 e. The maximum absolute atomic E-state index is 8.91. The molecule has 0 aromatic heterocycles. The van der Waals surface area contributed by atoms with Gasteiger partial charge in [-0.2, -0.15) is 0 Å². The predicted molar refractivity (Wildman–Crippen MR) is 63.2 cm³/mol. The van der Waals surface area contributed by atoms with E-state index in [4.69, 9.17) is 5.11 Å². The van der Waals surface area contributed by atoms with Crippen LogP contribution in [0, 0.1) is 0 Å². The largest absolute Gasteiger partial charge is 0.392 e. The van der Waals surface area contributed by atoms with Gasteiger partial charge in [-0.3, -0.25) is 0 Å². The zero-order valence-electron chi connectivity index (χ0n) is 8.17. The second-order valence-corrected chi connectivity index (χ2v) is 3.88. The smallest absolute Gasteiger partial charge is 0.0692 e. The Balaban J connectivity index is 0.000000671. The van der Waals surface area contributed by atoms with Crippen LogP contribution in [0.1, 0.15) is 19.4 Å². The summed E-state index contributed by atoms with van der Waals surface area (Å²) in [7, 11) is 0. The number of aliphatic hydroxyl groups excluding tert-OH is 1. The number of hydrogen-bond acceptors (Lipinski definition) is 2. The van der Waals surface area contributed by atoms with Crippen LogP contribution in [0.5, 0.6) is 0 Å². The molecule has 0 aliphatic carbocycles. The van der Waals surface area contributed by atoms with Crippen molar-refractivity contribution in [3.8, 4) is 0 Å². The molecule has 1 nitrogen and oxygen atoms in total. The minimum absolute atomic E-state index is 0.115. The Morgan fingerprint density at radius 2 is 2.00 bits per heavy atom. The molecule has 0 aliphatic heterocycles. The van der Waals surface area contributed by atoms with Crippen molar-refractivity contribution in [2.45, 2.75) is 25.3 Å². The third-order valence-electron chi connectivity index (χ3n) is 1.42. The number of aliphatic hydroxyl groups is 1. The van der Waals surface area contributed by atoms with Crippen LogP contribution in [-0.2, 0) is 6.61 Å². The Morgan fingerprint density at radius 1 is 1.38 bits per heavy atom. The monoisotopic (exact) mass is 262 g/mol. The third-order valence-corrected chi connectivity index (χ3v) is 2.73. The molecular weight excluding hydrogens is 248 g/mol. The Labute approximate surface area is 92.7 Å². The topological polar surface area (TPSA) is 20.2 Å². The summed E-state index contributed by atoms with van der Waals surface area (Å²) >= 11 is 5.02. The van der Waals surface area contributed by atoms with Crippen LogP contribution >= 0.6 is 27.7 Å². The molecule has 0 bridgehead atoms. The van der Waals surface area contributed by atoms with Crippen molar-refractivity contribution in [3.63, 3.8) is 0 Å². The Kier molecular flexibility index (Phi) is 7.42. The summed E-state index contributed by atoms with van der Waals surface area (Å²) in [5.74, 6) is 0. The lowest BCUT2D eigenvalue weighted by molar-refractivity contribution is 0.279. The maximum atomic E-state index is 8.91. The first-order chi connectivity index (χ1) is 6.27. The molecular formula is C10H15BrOS. The highest BCUT2D eigenvalue weighted by molar-refractivity contribution is 9.10. The van der Waals surface area contributed by atoms with Crippen LogP contribution in [0.2, 0.25) is 0 Å². The van der Waals surface area contributed by atoms with E-state index in [9.17, 15) is 0 Å². The van der Waals surface area contributed by atoms with Gasteiger partial charge in [0, 0.05) is 9.37 Å². The minimum Gasteiger partial charge on any atom is -0.392 e. The van der Waals surface area contributed by atoms with E-state index in [2.05, 4.69) is 15.9 Å². The van der Waals surface area contributed by atoms with E-state index in [1.54, 1.807) is 11.8 Å². The molecule has 1 N–H and O–H groups in total. The van der Waals surface area contributed by atoms with Crippen LogP contribution in [0.25, 0.3) is 0 Å². The standard InChI is InChI=1S/C8H9BrOS.C2H6/c1-11-8-4-7(9)3-2-6(8)5-10;1-2/h2-4,10H,5H2,1H3;1-2H3. The fourth-order valence-corrected chi connectivity index (χ4v) is 2.00. The first-order valence-electron chi connectivity index (χ1n) is 4.21. The van der Waals surface area contributed by atoms with E-state index in [0.29, 0.717) is 0 Å². The minimum atomic E-state index is 0.115. The summed E-state index contributed by atoms with van der Waals surface area (Å²) in [6, 6.07) is 5.87. The lowest BCUT2D eigenvalue weighted by Crippen LogP contribution is -1.85. The molecule has 0 atom stereocenters. The number of rotatable bonds is 2. The van der Waals surface area contributed by atoms with Gasteiger partial charge in [-0.05, 0) is 24.0 Å². The highest BCUT2D eigenvalue weighted by Crippen LogP contribution is 2.24. The molecule has 0 heterocycles. The van der Waals surface area contributed by atoms with Crippen molar-refractivity contribution < 1.29 is 5.11 Å². The van der Waals surface area contributed by atoms with Crippen molar-refractivity contribution in [1.29, 1.82) is 0 Å². The van der Waals surface area contributed by atoms with Gasteiger partial charge >= 0.3 is 0 Å². The average molecular weight is 263 g/mol. The van der Waals surface area contributed by atoms with Crippen molar-refractivity contribution in [2.75, 3.05) is 6.26 Å². The molecule has 0 aliphatic rings.